The lowest BCUT2D eigenvalue weighted by Gasteiger charge is -2.20. The highest BCUT2D eigenvalue weighted by Gasteiger charge is 2.22. The van der Waals surface area contributed by atoms with Gasteiger partial charge in [0.2, 0.25) is 0 Å². The van der Waals surface area contributed by atoms with E-state index in [9.17, 15) is 4.79 Å². The van der Waals surface area contributed by atoms with Gasteiger partial charge in [0, 0.05) is 6.54 Å². The Balaban J connectivity index is 2.58. The van der Waals surface area contributed by atoms with Crippen molar-refractivity contribution in [3.63, 3.8) is 0 Å². The van der Waals surface area contributed by atoms with Crippen molar-refractivity contribution >= 4 is 11.5 Å². The van der Waals surface area contributed by atoms with Gasteiger partial charge in [-0.2, -0.15) is 0 Å². The average molecular weight is 247 g/mol. The number of esters is 1. The molecule has 18 heavy (non-hydrogen) atoms. The van der Waals surface area contributed by atoms with Gasteiger partial charge in [0.25, 0.3) is 0 Å². The van der Waals surface area contributed by atoms with Crippen LogP contribution in [0.2, 0.25) is 0 Å². The molecule has 1 N–H and O–H groups in total. The van der Waals surface area contributed by atoms with E-state index in [4.69, 9.17) is 4.74 Å². The Morgan fingerprint density at radius 2 is 1.94 bits per heavy atom. The molecule has 0 radical (unpaired) electrons. The van der Waals surface area contributed by atoms with Crippen LogP contribution in [0, 0.1) is 5.92 Å². The predicted octanol–water partition coefficient (Wildman–Crippen LogP) is 2.49. The second-order valence-electron chi connectivity index (χ2n) is 4.60. The van der Waals surface area contributed by atoms with E-state index in [2.05, 4.69) is 11.9 Å². The number of hydrogen-bond acceptors (Lipinski definition) is 3. The van der Waals surface area contributed by atoms with Gasteiger partial charge in [-0.05, 0) is 17.1 Å². The average Bonchev–Trinajstić information content (AvgIpc) is 2.39. The Morgan fingerprint density at radius 1 is 1.33 bits per heavy atom. The number of benzene rings is 1. The van der Waals surface area contributed by atoms with E-state index in [1.807, 2.05) is 44.2 Å². The molecule has 1 aromatic carbocycles. The van der Waals surface area contributed by atoms with Gasteiger partial charge in [-0.3, -0.25) is 4.79 Å². The molecule has 0 saturated heterocycles. The molecule has 1 atom stereocenters. The van der Waals surface area contributed by atoms with Crippen LogP contribution >= 0.6 is 0 Å². The van der Waals surface area contributed by atoms with Crippen LogP contribution in [0.15, 0.2) is 36.9 Å². The summed E-state index contributed by atoms with van der Waals surface area (Å²) in [6.45, 7) is 8.57. The summed E-state index contributed by atoms with van der Waals surface area (Å²) in [5, 5.41) is 3.19. The summed E-state index contributed by atoms with van der Waals surface area (Å²) in [7, 11) is 1.41. The second kappa shape index (κ2) is 6.97. The number of nitrogens with one attached hydrogen (secondary N) is 1. The van der Waals surface area contributed by atoms with Crippen molar-refractivity contribution in [2.24, 2.45) is 5.92 Å². The van der Waals surface area contributed by atoms with Gasteiger partial charge in [-0.1, -0.05) is 50.8 Å². The fourth-order valence-corrected chi connectivity index (χ4v) is 1.73. The molecular formula is C15H21NO2. The number of ether oxygens (including phenoxy) is 1. The Morgan fingerprint density at radius 3 is 2.44 bits per heavy atom. The Bertz CT molecular complexity index is 398. The van der Waals surface area contributed by atoms with E-state index in [1.165, 1.54) is 7.11 Å². The monoisotopic (exact) mass is 247 g/mol. The van der Waals surface area contributed by atoms with Crippen LogP contribution in [0.5, 0.6) is 0 Å². The van der Waals surface area contributed by atoms with E-state index in [-0.39, 0.29) is 17.9 Å². The van der Waals surface area contributed by atoms with Crippen LogP contribution < -0.4 is 5.32 Å². The van der Waals surface area contributed by atoms with Crippen molar-refractivity contribution in [1.29, 1.82) is 0 Å². The molecule has 0 bridgehead atoms. The molecule has 0 aliphatic carbocycles. The van der Waals surface area contributed by atoms with E-state index in [0.717, 1.165) is 11.1 Å². The maximum Gasteiger partial charge on any atom is 0.323 e. The molecule has 0 fully saturated rings. The van der Waals surface area contributed by atoms with Crippen LogP contribution in [-0.2, 0) is 9.53 Å². The minimum Gasteiger partial charge on any atom is -0.468 e. The third-order valence-electron chi connectivity index (χ3n) is 2.84. The number of hydrogen-bond donors (Lipinski definition) is 1. The number of methoxy groups -OCH3 is 1. The predicted molar refractivity (Wildman–Crippen MR) is 74.1 cm³/mol. The molecule has 0 saturated carbocycles. The first-order chi connectivity index (χ1) is 8.56. The van der Waals surface area contributed by atoms with Crippen molar-refractivity contribution < 1.29 is 9.53 Å². The highest BCUT2D eigenvalue weighted by Crippen LogP contribution is 2.11. The lowest BCUT2D eigenvalue weighted by Crippen LogP contribution is -2.42. The summed E-state index contributed by atoms with van der Waals surface area (Å²) >= 11 is 0. The normalized spacial score (nSPS) is 12.2. The smallest absolute Gasteiger partial charge is 0.323 e. The Hall–Kier alpha value is -1.61. The molecule has 3 heteroatoms. The van der Waals surface area contributed by atoms with Crippen LogP contribution in [0.1, 0.15) is 19.4 Å². The highest BCUT2D eigenvalue weighted by atomic mass is 16.5. The molecular weight excluding hydrogens is 226 g/mol. The maximum absolute atomic E-state index is 11.6. The molecule has 3 nitrogen and oxygen atoms in total. The van der Waals surface area contributed by atoms with Crippen molar-refractivity contribution in [2.75, 3.05) is 13.7 Å². The van der Waals surface area contributed by atoms with Gasteiger partial charge < -0.3 is 10.1 Å². The summed E-state index contributed by atoms with van der Waals surface area (Å²) in [6.07, 6.45) is 0. The molecule has 0 aliphatic heterocycles. The summed E-state index contributed by atoms with van der Waals surface area (Å²) in [5.74, 6) is -0.0492. The third-order valence-corrected chi connectivity index (χ3v) is 2.84. The summed E-state index contributed by atoms with van der Waals surface area (Å²) in [4.78, 5) is 11.6. The number of rotatable bonds is 6. The zero-order chi connectivity index (χ0) is 13.5. The fourth-order valence-electron chi connectivity index (χ4n) is 1.73. The van der Waals surface area contributed by atoms with Gasteiger partial charge in [-0.15, -0.1) is 0 Å². The largest absolute Gasteiger partial charge is 0.468 e. The molecule has 1 unspecified atom stereocenters. The third kappa shape index (κ3) is 4.00. The van der Waals surface area contributed by atoms with E-state index >= 15 is 0 Å². The SMILES string of the molecule is C=C(CNC(C(=O)OC)C(C)C)c1ccccc1. The van der Waals surface area contributed by atoms with Crippen molar-refractivity contribution in [2.45, 2.75) is 19.9 Å². The van der Waals surface area contributed by atoms with Crippen LogP contribution in [-0.4, -0.2) is 25.7 Å². The molecule has 0 amide bonds. The zero-order valence-electron chi connectivity index (χ0n) is 11.3. The standard InChI is InChI=1S/C15H21NO2/c1-11(2)14(15(17)18-4)16-10-12(3)13-8-6-5-7-9-13/h5-9,11,14,16H,3,10H2,1-2,4H3. The van der Waals surface area contributed by atoms with Gasteiger partial charge in [0.05, 0.1) is 7.11 Å². The Labute approximate surface area is 109 Å². The number of carbonyl (C=O) groups excluding carboxylic acids is 1. The van der Waals surface area contributed by atoms with Gasteiger partial charge >= 0.3 is 5.97 Å². The van der Waals surface area contributed by atoms with Crippen LogP contribution in [0.4, 0.5) is 0 Å². The van der Waals surface area contributed by atoms with Crippen LogP contribution in [0.25, 0.3) is 5.57 Å². The van der Waals surface area contributed by atoms with E-state index in [1.54, 1.807) is 0 Å². The van der Waals surface area contributed by atoms with E-state index in [0.29, 0.717) is 6.54 Å². The molecule has 0 spiro atoms. The minimum atomic E-state index is -0.296. The number of carbonyl (C=O) groups is 1. The first-order valence-corrected chi connectivity index (χ1v) is 6.10. The summed E-state index contributed by atoms with van der Waals surface area (Å²) in [5.41, 5.74) is 2.04. The lowest BCUT2D eigenvalue weighted by atomic mass is 10.0. The first kappa shape index (κ1) is 14.5. The quantitative estimate of drug-likeness (QED) is 0.785. The molecule has 0 heterocycles. The van der Waals surface area contributed by atoms with Gasteiger partial charge in [0.1, 0.15) is 6.04 Å². The molecule has 0 aromatic heterocycles. The Kier molecular flexibility index (Phi) is 5.59. The summed E-state index contributed by atoms with van der Waals surface area (Å²) < 4.78 is 4.78. The van der Waals surface area contributed by atoms with Gasteiger partial charge in [-0.25, -0.2) is 0 Å². The molecule has 1 aromatic rings. The fraction of sp³-hybridized carbons (Fsp3) is 0.400. The van der Waals surface area contributed by atoms with Crippen molar-refractivity contribution in [3.05, 3.63) is 42.5 Å². The lowest BCUT2D eigenvalue weighted by molar-refractivity contribution is -0.144. The summed E-state index contributed by atoms with van der Waals surface area (Å²) in [6, 6.07) is 9.63. The highest BCUT2D eigenvalue weighted by molar-refractivity contribution is 5.76. The maximum atomic E-state index is 11.6. The zero-order valence-corrected chi connectivity index (χ0v) is 11.3. The molecule has 0 aliphatic rings. The molecule has 1 rings (SSSR count). The van der Waals surface area contributed by atoms with Crippen molar-refractivity contribution in [3.8, 4) is 0 Å². The second-order valence-corrected chi connectivity index (χ2v) is 4.60. The van der Waals surface area contributed by atoms with Gasteiger partial charge in [0.15, 0.2) is 0 Å². The minimum absolute atomic E-state index is 0.182. The van der Waals surface area contributed by atoms with Crippen LogP contribution in [0.3, 0.4) is 0 Å². The topological polar surface area (TPSA) is 38.3 Å². The first-order valence-electron chi connectivity index (χ1n) is 6.10. The van der Waals surface area contributed by atoms with Crippen molar-refractivity contribution in [1.82, 2.24) is 5.32 Å². The van der Waals surface area contributed by atoms with E-state index < -0.39 is 0 Å². The molecule has 98 valence electrons.